The van der Waals surface area contributed by atoms with E-state index >= 15 is 0 Å². The maximum Gasteiger partial charge on any atom is 0.255 e. The van der Waals surface area contributed by atoms with Crippen LogP contribution in [0.4, 0.5) is 0 Å². The van der Waals surface area contributed by atoms with Gasteiger partial charge in [0.1, 0.15) is 6.33 Å². The molecule has 0 aliphatic carbocycles. The monoisotopic (exact) mass is 260 g/mol. The Labute approximate surface area is 110 Å². The first-order chi connectivity index (χ1) is 8.75. The van der Waals surface area contributed by atoms with Gasteiger partial charge in [0.2, 0.25) is 0 Å². The number of amides is 1. The molecule has 2 aromatic rings. The molecule has 0 radical (unpaired) electrons. The molecule has 0 spiro atoms. The van der Waals surface area contributed by atoms with Gasteiger partial charge in [0.25, 0.3) is 5.91 Å². The van der Waals surface area contributed by atoms with Crippen LogP contribution in [-0.2, 0) is 13.1 Å². The summed E-state index contributed by atoms with van der Waals surface area (Å²) < 4.78 is 1.97. The molecule has 0 unspecified atom stereocenters. The highest BCUT2D eigenvalue weighted by atomic mass is 32.1. The van der Waals surface area contributed by atoms with Crippen molar-refractivity contribution < 1.29 is 4.79 Å². The van der Waals surface area contributed by atoms with Crippen molar-refractivity contribution in [1.82, 2.24) is 19.7 Å². The van der Waals surface area contributed by atoms with Gasteiger partial charge in [0.05, 0.1) is 12.1 Å². The highest BCUT2D eigenvalue weighted by Crippen LogP contribution is 2.18. The van der Waals surface area contributed by atoms with Crippen molar-refractivity contribution in [2.24, 2.45) is 0 Å². The van der Waals surface area contributed by atoms with Crippen LogP contribution in [-0.4, -0.2) is 32.1 Å². The number of nitrogens with zero attached hydrogens (tertiary/aromatic N) is 4. The van der Waals surface area contributed by atoms with Gasteiger partial charge in [-0.3, -0.25) is 4.79 Å². The maximum atomic E-state index is 12.4. The predicted octanol–water partition coefficient (Wildman–Crippen LogP) is 1.22. The molecule has 1 aliphatic heterocycles. The van der Waals surface area contributed by atoms with Crippen LogP contribution in [0.2, 0.25) is 0 Å². The Morgan fingerprint density at radius 2 is 2.11 bits per heavy atom. The van der Waals surface area contributed by atoms with Crippen molar-refractivity contribution in [3.63, 3.8) is 0 Å². The second-order valence-electron chi connectivity index (χ2n) is 4.18. The molecule has 18 heavy (non-hydrogen) atoms. The van der Waals surface area contributed by atoms with Gasteiger partial charge in [-0.1, -0.05) is 12.1 Å². The highest BCUT2D eigenvalue weighted by Gasteiger charge is 2.23. The van der Waals surface area contributed by atoms with Gasteiger partial charge in [0.15, 0.2) is 5.82 Å². The summed E-state index contributed by atoms with van der Waals surface area (Å²) in [6.45, 7) is 1.91. The lowest BCUT2D eigenvalue weighted by Gasteiger charge is -2.27. The number of carbonyl (C=O) groups is 1. The van der Waals surface area contributed by atoms with E-state index in [1.807, 2.05) is 22.8 Å². The normalized spacial score (nSPS) is 14.4. The Hall–Kier alpha value is -1.82. The minimum absolute atomic E-state index is 0.00477. The Morgan fingerprint density at radius 3 is 2.94 bits per heavy atom. The van der Waals surface area contributed by atoms with Crippen LogP contribution in [0.1, 0.15) is 16.2 Å². The Balaban J connectivity index is 1.85. The predicted molar refractivity (Wildman–Crippen MR) is 68.5 cm³/mol. The van der Waals surface area contributed by atoms with Crippen molar-refractivity contribution in [2.75, 3.05) is 6.54 Å². The summed E-state index contributed by atoms with van der Waals surface area (Å²) in [6, 6.07) is 7.33. The number of aromatic nitrogens is 3. The van der Waals surface area contributed by atoms with Gasteiger partial charge in [-0.15, -0.1) is 22.8 Å². The number of hydrogen-bond donors (Lipinski definition) is 1. The summed E-state index contributed by atoms with van der Waals surface area (Å²) in [7, 11) is 0. The Bertz CT molecular complexity index is 595. The topological polar surface area (TPSA) is 51.0 Å². The SMILES string of the molecule is O=C(c1ccccc1S)N1CCn2cnnc2C1. The summed E-state index contributed by atoms with van der Waals surface area (Å²) in [6.07, 6.45) is 1.70. The number of hydrogen-bond acceptors (Lipinski definition) is 4. The zero-order valence-corrected chi connectivity index (χ0v) is 10.5. The molecule has 3 rings (SSSR count). The summed E-state index contributed by atoms with van der Waals surface area (Å²) in [5, 5.41) is 7.85. The van der Waals surface area contributed by atoms with Gasteiger partial charge in [-0.05, 0) is 12.1 Å². The van der Waals surface area contributed by atoms with Crippen LogP contribution in [0.25, 0.3) is 0 Å². The second kappa shape index (κ2) is 4.45. The zero-order chi connectivity index (χ0) is 12.5. The van der Waals surface area contributed by atoms with Gasteiger partial charge in [0, 0.05) is 18.0 Å². The van der Waals surface area contributed by atoms with Gasteiger partial charge in [-0.25, -0.2) is 0 Å². The van der Waals surface area contributed by atoms with Crippen LogP contribution >= 0.6 is 12.6 Å². The molecule has 1 aromatic heterocycles. The van der Waals surface area contributed by atoms with Crippen LogP contribution in [0.3, 0.4) is 0 Å². The lowest BCUT2D eigenvalue weighted by molar-refractivity contribution is 0.0704. The van der Waals surface area contributed by atoms with E-state index in [1.54, 1.807) is 17.3 Å². The first-order valence-electron chi connectivity index (χ1n) is 5.69. The first-order valence-corrected chi connectivity index (χ1v) is 6.14. The van der Waals surface area contributed by atoms with Crippen molar-refractivity contribution in [3.05, 3.63) is 42.0 Å². The van der Waals surface area contributed by atoms with E-state index < -0.39 is 0 Å². The van der Waals surface area contributed by atoms with E-state index in [0.29, 0.717) is 23.5 Å². The zero-order valence-electron chi connectivity index (χ0n) is 9.65. The molecule has 1 aromatic carbocycles. The van der Waals surface area contributed by atoms with Crippen molar-refractivity contribution in [3.8, 4) is 0 Å². The van der Waals surface area contributed by atoms with Crippen LogP contribution in [0.15, 0.2) is 35.5 Å². The molecule has 0 atom stereocenters. The van der Waals surface area contributed by atoms with Crippen molar-refractivity contribution >= 4 is 18.5 Å². The third kappa shape index (κ3) is 1.88. The fourth-order valence-electron chi connectivity index (χ4n) is 2.06. The molecule has 1 amide bonds. The molecule has 2 heterocycles. The van der Waals surface area contributed by atoms with E-state index in [0.717, 1.165) is 12.4 Å². The van der Waals surface area contributed by atoms with Crippen LogP contribution in [0.5, 0.6) is 0 Å². The average Bonchev–Trinajstić information content (AvgIpc) is 2.85. The number of benzene rings is 1. The third-order valence-electron chi connectivity index (χ3n) is 3.06. The summed E-state index contributed by atoms with van der Waals surface area (Å²) in [5.74, 6) is 0.820. The number of rotatable bonds is 1. The molecule has 0 bridgehead atoms. The van der Waals surface area contributed by atoms with Gasteiger partial charge in [-0.2, -0.15) is 0 Å². The molecule has 1 aliphatic rings. The molecule has 0 saturated carbocycles. The lowest BCUT2D eigenvalue weighted by atomic mass is 10.2. The van der Waals surface area contributed by atoms with E-state index in [2.05, 4.69) is 22.8 Å². The fraction of sp³-hybridized carbons (Fsp3) is 0.250. The molecule has 0 fully saturated rings. The Morgan fingerprint density at radius 1 is 1.28 bits per heavy atom. The van der Waals surface area contributed by atoms with E-state index in [4.69, 9.17) is 0 Å². The molecular weight excluding hydrogens is 248 g/mol. The fourth-order valence-corrected chi connectivity index (χ4v) is 2.32. The largest absolute Gasteiger partial charge is 0.329 e. The highest BCUT2D eigenvalue weighted by molar-refractivity contribution is 7.80. The minimum atomic E-state index is -0.00477. The smallest absolute Gasteiger partial charge is 0.255 e. The molecule has 0 N–H and O–H groups in total. The average molecular weight is 260 g/mol. The van der Waals surface area contributed by atoms with E-state index in [-0.39, 0.29) is 5.91 Å². The van der Waals surface area contributed by atoms with Crippen molar-refractivity contribution in [1.29, 1.82) is 0 Å². The third-order valence-corrected chi connectivity index (χ3v) is 3.45. The minimum Gasteiger partial charge on any atom is -0.329 e. The molecule has 5 nitrogen and oxygen atoms in total. The molecule has 0 saturated heterocycles. The van der Waals surface area contributed by atoms with Crippen LogP contribution in [0, 0.1) is 0 Å². The lowest BCUT2D eigenvalue weighted by Crippen LogP contribution is -2.38. The molecular formula is C12H12N4OS. The standard InChI is InChI=1S/C12H12N4OS/c17-12(9-3-1-2-4-10(9)18)15-5-6-16-8-13-14-11(16)7-15/h1-4,8,18H,5-7H2. The van der Waals surface area contributed by atoms with Crippen molar-refractivity contribution in [2.45, 2.75) is 18.0 Å². The summed E-state index contributed by atoms with van der Waals surface area (Å²) >= 11 is 4.32. The number of fused-ring (bicyclic) bond motifs is 1. The summed E-state index contributed by atoms with van der Waals surface area (Å²) in [4.78, 5) is 14.9. The van der Waals surface area contributed by atoms with Gasteiger partial charge >= 0.3 is 0 Å². The van der Waals surface area contributed by atoms with E-state index in [9.17, 15) is 4.79 Å². The van der Waals surface area contributed by atoms with E-state index in [1.165, 1.54) is 0 Å². The van der Waals surface area contributed by atoms with Crippen LogP contribution < -0.4 is 0 Å². The molecule has 6 heteroatoms. The molecule has 92 valence electrons. The second-order valence-corrected chi connectivity index (χ2v) is 4.67. The maximum absolute atomic E-state index is 12.4. The van der Waals surface area contributed by atoms with Gasteiger partial charge < -0.3 is 9.47 Å². The summed E-state index contributed by atoms with van der Waals surface area (Å²) in [5.41, 5.74) is 0.633. The quantitative estimate of drug-likeness (QED) is 0.784. The Kier molecular flexibility index (Phi) is 2.79. The number of carbonyl (C=O) groups excluding carboxylic acids is 1. The first kappa shape index (κ1) is 11.3. The number of thiol groups is 1.